The van der Waals surface area contributed by atoms with E-state index >= 15 is 0 Å². The molecule has 0 aliphatic heterocycles. The van der Waals surface area contributed by atoms with Crippen molar-refractivity contribution in [1.29, 1.82) is 0 Å². The normalized spacial score (nSPS) is 9.40. The van der Waals surface area contributed by atoms with E-state index in [1.165, 1.54) is 18.3 Å². The van der Waals surface area contributed by atoms with E-state index in [-0.39, 0.29) is 5.56 Å². The highest BCUT2D eigenvalue weighted by atomic mass is 35.5. The molecule has 0 bridgehead atoms. The van der Waals surface area contributed by atoms with Crippen LogP contribution in [0.1, 0.15) is 5.56 Å². The first-order chi connectivity index (χ1) is 4.75. The van der Waals surface area contributed by atoms with Gasteiger partial charge in [0.05, 0.1) is 5.02 Å². The van der Waals surface area contributed by atoms with Crippen molar-refractivity contribution in [3.05, 3.63) is 35.4 Å². The zero-order valence-electron chi connectivity index (χ0n) is 5.14. The number of halogens is 2. The van der Waals surface area contributed by atoms with Gasteiger partial charge in [-0.05, 0) is 6.07 Å². The molecule has 3 heteroatoms. The molecule has 1 aromatic heterocycles. The van der Waals surface area contributed by atoms with Gasteiger partial charge in [0.15, 0.2) is 0 Å². The minimum Gasteiger partial charge on any atom is -0.228 e. The molecule has 1 rings (SSSR count). The van der Waals surface area contributed by atoms with Crippen LogP contribution in [0.5, 0.6) is 0 Å². The van der Waals surface area contributed by atoms with Crippen LogP contribution >= 0.6 is 11.6 Å². The molecule has 0 spiro atoms. The van der Waals surface area contributed by atoms with Gasteiger partial charge in [-0.2, -0.15) is 4.39 Å². The van der Waals surface area contributed by atoms with Crippen LogP contribution in [0, 0.1) is 5.95 Å². The van der Waals surface area contributed by atoms with Crippen molar-refractivity contribution in [2.45, 2.75) is 0 Å². The number of aromatic nitrogens is 1. The summed E-state index contributed by atoms with van der Waals surface area (Å²) >= 11 is 5.58. The summed E-state index contributed by atoms with van der Waals surface area (Å²) in [6, 6.07) is 1.52. The minimum atomic E-state index is -0.581. The van der Waals surface area contributed by atoms with Gasteiger partial charge in [0, 0.05) is 11.8 Å². The van der Waals surface area contributed by atoms with Crippen molar-refractivity contribution < 1.29 is 4.39 Å². The smallest absolute Gasteiger partial charge is 0.221 e. The fourth-order valence-corrected chi connectivity index (χ4v) is 0.819. The molecule has 0 aliphatic carbocycles. The monoisotopic (exact) mass is 157 g/mol. The number of hydrogen-bond acceptors (Lipinski definition) is 1. The first-order valence-corrected chi connectivity index (χ1v) is 3.06. The van der Waals surface area contributed by atoms with Gasteiger partial charge < -0.3 is 0 Å². The Hall–Kier alpha value is -0.890. The zero-order chi connectivity index (χ0) is 7.56. The SMILES string of the molecule is C=Cc1c(Cl)ccnc1F. The molecule has 0 unspecified atom stereocenters. The molecule has 1 aromatic rings. The first-order valence-electron chi connectivity index (χ1n) is 2.68. The number of hydrogen-bond donors (Lipinski definition) is 0. The summed E-state index contributed by atoms with van der Waals surface area (Å²) in [4.78, 5) is 3.39. The van der Waals surface area contributed by atoms with Crippen molar-refractivity contribution in [1.82, 2.24) is 4.98 Å². The second kappa shape index (κ2) is 2.80. The molecule has 1 heterocycles. The highest BCUT2D eigenvalue weighted by Gasteiger charge is 2.01. The Morgan fingerprint density at radius 1 is 1.70 bits per heavy atom. The van der Waals surface area contributed by atoms with Gasteiger partial charge >= 0.3 is 0 Å². The summed E-state index contributed by atoms with van der Waals surface area (Å²) in [6.07, 6.45) is 2.65. The molecule has 0 amide bonds. The van der Waals surface area contributed by atoms with Gasteiger partial charge in [0.2, 0.25) is 5.95 Å². The standard InChI is InChI=1S/C7H5ClFN/c1-2-5-6(8)3-4-10-7(5)9/h2-4H,1H2. The van der Waals surface area contributed by atoms with Gasteiger partial charge in [-0.25, -0.2) is 4.98 Å². The maximum absolute atomic E-state index is 12.6. The molecule has 0 saturated heterocycles. The predicted octanol–water partition coefficient (Wildman–Crippen LogP) is 2.52. The molecule has 52 valence electrons. The van der Waals surface area contributed by atoms with Crippen LogP contribution in [0.15, 0.2) is 18.8 Å². The van der Waals surface area contributed by atoms with E-state index in [4.69, 9.17) is 11.6 Å². The zero-order valence-corrected chi connectivity index (χ0v) is 5.90. The maximum atomic E-state index is 12.6. The van der Waals surface area contributed by atoms with Crippen LogP contribution in [0.4, 0.5) is 4.39 Å². The lowest BCUT2D eigenvalue weighted by molar-refractivity contribution is 0.581. The van der Waals surface area contributed by atoms with Gasteiger partial charge in [0.25, 0.3) is 0 Å². The third-order valence-electron chi connectivity index (χ3n) is 1.09. The van der Waals surface area contributed by atoms with Crippen LogP contribution in [0.25, 0.3) is 6.08 Å². The Bertz CT molecular complexity index is 240. The average Bonchev–Trinajstić information content (AvgIpc) is 1.88. The lowest BCUT2D eigenvalue weighted by Crippen LogP contribution is -1.86. The van der Waals surface area contributed by atoms with Crippen molar-refractivity contribution in [3.8, 4) is 0 Å². The summed E-state index contributed by atoms with van der Waals surface area (Å²) in [5.41, 5.74) is 0.254. The predicted molar refractivity (Wildman–Crippen MR) is 39.3 cm³/mol. The Balaban J connectivity index is 3.30. The third-order valence-corrected chi connectivity index (χ3v) is 1.42. The molecule has 0 atom stereocenters. The number of pyridine rings is 1. The van der Waals surface area contributed by atoms with E-state index in [1.54, 1.807) is 0 Å². The third kappa shape index (κ3) is 1.16. The Labute approximate surface area is 63.2 Å². The highest BCUT2D eigenvalue weighted by molar-refractivity contribution is 6.32. The Morgan fingerprint density at radius 3 is 2.80 bits per heavy atom. The average molecular weight is 158 g/mol. The van der Waals surface area contributed by atoms with Gasteiger partial charge in [-0.1, -0.05) is 24.3 Å². The summed E-state index contributed by atoms with van der Waals surface area (Å²) in [7, 11) is 0. The fraction of sp³-hybridized carbons (Fsp3) is 0. The first kappa shape index (κ1) is 7.22. The summed E-state index contributed by atoms with van der Waals surface area (Å²) in [5.74, 6) is -0.581. The van der Waals surface area contributed by atoms with Crippen molar-refractivity contribution >= 4 is 17.7 Å². The Kier molecular flexibility index (Phi) is 2.02. The number of rotatable bonds is 1. The molecular formula is C7H5ClFN. The van der Waals surface area contributed by atoms with E-state index in [1.807, 2.05) is 0 Å². The summed E-state index contributed by atoms with van der Waals surface area (Å²) in [6.45, 7) is 3.39. The highest BCUT2D eigenvalue weighted by Crippen LogP contribution is 2.17. The van der Waals surface area contributed by atoms with E-state index in [2.05, 4.69) is 11.6 Å². The van der Waals surface area contributed by atoms with E-state index in [0.717, 1.165) is 0 Å². The molecule has 0 aliphatic rings. The minimum absolute atomic E-state index is 0.254. The molecular weight excluding hydrogens is 153 g/mol. The summed E-state index contributed by atoms with van der Waals surface area (Å²) in [5, 5.41) is 0.336. The Morgan fingerprint density at radius 2 is 2.40 bits per heavy atom. The molecule has 0 N–H and O–H groups in total. The van der Waals surface area contributed by atoms with Crippen LogP contribution < -0.4 is 0 Å². The van der Waals surface area contributed by atoms with Crippen LogP contribution in [0.2, 0.25) is 5.02 Å². The molecule has 0 fully saturated rings. The second-order valence-corrected chi connectivity index (χ2v) is 2.11. The van der Waals surface area contributed by atoms with Gasteiger partial charge in [0.1, 0.15) is 0 Å². The van der Waals surface area contributed by atoms with E-state index < -0.39 is 5.95 Å². The molecule has 10 heavy (non-hydrogen) atoms. The molecule has 0 radical (unpaired) electrons. The van der Waals surface area contributed by atoms with Gasteiger partial charge in [-0.3, -0.25) is 0 Å². The molecule has 1 nitrogen and oxygen atoms in total. The second-order valence-electron chi connectivity index (χ2n) is 1.70. The van der Waals surface area contributed by atoms with Crippen LogP contribution in [-0.4, -0.2) is 4.98 Å². The largest absolute Gasteiger partial charge is 0.228 e. The fourth-order valence-electron chi connectivity index (χ4n) is 0.608. The molecule has 0 saturated carbocycles. The quantitative estimate of drug-likeness (QED) is 0.571. The topological polar surface area (TPSA) is 12.9 Å². The summed E-state index contributed by atoms with van der Waals surface area (Å²) < 4.78 is 12.6. The van der Waals surface area contributed by atoms with Crippen LogP contribution in [0.3, 0.4) is 0 Å². The molecule has 0 aromatic carbocycles. The van der Waals surface area contributed by atoms with E-state index in [0.29, 0.717) is 5.02 Å². The van der Waals surface area contributed by atoms with Crippen molar-refractivity contribution in [3.63, 3.8) is 0 Å². The maximum Gasteiger partial charge on any atom is 0.221 e. The van der Waals surface area contributed by atoms with Gasteiger partial charge in [-0.15, -0.1) is 0 Å². The van der Waals surface area contributed by atoms with Crippen molar-refractivity contribution in [2.75, 3.05) is 0 Å². The lowest BCUT2D eigenvalue weighted by Gasteiger charge is -1.95. The number of nitrogens with zero attached hydrogens (tertiary/aromatic N) is 1. The lowest BCUT2D eigenvalue weighted by atomic mass is 10.3. The van der Waals surface area contributed by atoms with Crippen molar-refractivity contribution in [2.24, 2.45) is 0 Å². The van der Waals surface area contributed by atoms with Crippen LogP contribution in [-0.2, 0) is 0 Å². The van der Waals surface area contributed by atoms with E-state index in [9.17, 15) is 4.39 Å².